The Hall–Kier alpha value is 0.380. The van der Waals surface area contributed by atoms with E-state index >= 15 is 0 Å². The molecule has 0 unspecified atom stereocenters. The van der Waals surface area contributed by atoms with Crippen molar-refractivity contribution in [2.75, 3.05) is 0 Å². The van der Waals surface area contributed by atoms with Crippen LogP contribution in [-0.4, -0.2) is 0 Å². The first-order chi connectivity index (χ1) is 5.48. The monoisotopic (exact) mass is 240 g/mol. The number of benzene rings is 1. The molecule has 1 aliphatic rings. The van der Waals surface area contributed by atoms with Gasteiger partial charge in [-0.25, -0.2) is 0 Å². The fourth-order valence-electron chi connectivity index (χ4n) is 1.31. The zero-order valence-corrected chi connectivity index (χ0v) is 8.84. The first kappa shape index (κ1) is 8.96. The molecule has 4 heteroatoms. The highest BCUT2D eigenvalue weighted by atomic mass is 35.5. The number of alkyl halides is 4. The number of hydrogen-bond donors (Lipinski definition) is 0. The van der Waals surface area contributed by atoms with Crippen LogP contribution in [0.15, 0.2) is 24.3 Å². The summed E-state index contributed by atoms with van der Waals surface area (Å²) < 4.78 is -2.35. The fraction of sp³-hybridized carbons (Fsp3) is 0.250. The Bertz CT molecular complexity index is 297. The summed E-state index contributed by atoms with van der Waals surface area (Å²) in [7, 11) is 0. The second-order valence-corrected chi connectivity index (χ2v) is 5.35. The average molecular weight is 242 g/mol. The lowest BCUT2D eigenvalue weighted by Crippen LogP contribution is -2.43. The normalized spacial score (nSPS) is 22.7. The molecule has 64 valence electrons. The molecule has 0 saturated carbocycles. The van der Waals surface area contributed by atoms with Crippen LogP contribution in [0.3, 0.4) is 0 Å². The molecular weight excluding hydrogens is 238 g/mol. The van der Waals surface area contributed by atoms with Crippen molar-refractivity contribution in [3.63, 3.8) is 0 Å². The highest BCUT2D eigenvalue weighted by Gasteiger charge is 2.60. The Kier molecular flexibility index (Phi) is 1.83. The van der Waals surface area contributed by atoms with Crippen molar-refractivity contribution in [3.05, 3.63) is 35.4 Å². The predicted octanol–water partition coefficient (Wildman–Crippen LogP) is 3.96. The summed E-state index contributed by atoms with van der Waals surface area (Å²) >= 11 is 23.7. The standard InChI is InChI=1S/C8H4Cl4/c9-7(10)5-3-1-2-4-6(5)8(7,11)12/h1-4H. The first-order valence-corrected chi connectivity index (χ1v) is 4.85. The molecule has 1 aromatic rings. The smallest absolute Gasteiger partial charge is 0.0925 e. The van der Waals surface area contributed by atoms with E-state index < -0.39 is 8.67 Å². The van der Waals surface area contributed by atoms with Gasteiger partial charge in [0.1, 0.15) is 0 Å². The second kappa shape index (κ2) is 2.45. The van der Waals surface area contributed by atoms with Crippen LogP contribution in [0, 0.1) is 0 Å². The summed E-state index contributed by atoms with van der Waals surface area (Å²) in [6.07, 6.45) is 0. The van der Waals surface area contributed by atoms with Crippen LogP contribution >= 0.6 is 46.4 Å². The van der Waals surface area contributed by atoms with Gasteiger partial charge in [-0.2, -0.15) is 0 Å². The molecule has 0 aromatic heterocycles. The minimum Gasteiger partial charge on any atom is -0.0925 e. The van der Waals surface area contributed by atoms with E-state index in [4.69, 9.17) is 46.4 Å². The first-order valence-electron chi connectivity index (χ1n) is 3.33. The molecule has 0 spiro atoms. The molecule has 0 N–H and O–H groups in total. The minimum atomic E-state index is -1.17. The van der Waals surface area contributed by atoms with Crippen LogP contribution in [0.25, 0.3) is 0 Å². The number of halogens is 4. The Morgan fingerprint density at radius 2 is 1.08 bits per heavy atom. The van der Waals surface area contributed by atoms with Gasteiger partial charge >= 0.3 is 0 Å². The molecule has 1 aromatic carbocycles. The molecule has 0 aliphatic heterocycles. The van der Waals surface area contributed by atoms with Gasteiger partial charge in [0, 0.05) is 0 Å². The van der Waals surface area contributed by atoms with Crippen LogP contribution in [0.1, 0.15) is 11.1 Å². The van der Waals surface area contributed by atoms with Gasteiger partial charge < -0.3 is 0 Å². The van der Waals surface area contributed by atoms with E-state index in [0.29, 0.717) is 0 Å². The molecule has 0 amide bonds. The van der Waals surface area contributed by atoms with E-state index in [0.717, 1.165) is 11.1 Å². The van der Waals surface area contributed by atoms with Gasteiger partial charge in [-0.15, -0.1) is 0 Å². The molecule has 0 atom stereocenters. The van der Waals surface area contributed by atoms with Crippen molar-refractivity contribution in [2.24, 2.45) is 0 Å². The van der Waals surface area contributed by atoms with Gasteiger partial charge in [-0.3, -0.25) is 0 Å². The van der Waals surface area contributed by atoms with Crippen LogP contribution < -0.4 is 0 Å². The van der Waals surface area contributed by atoms with Crippen LogP contribution in [-0.2, 0) is 8.67 Å². The third kappa shape index (κ3) is 0.871. The van der Waals surface area contributed by atoms with Crippen LogP contribution in [0.2, 0.25) is 0 Å². The Labute approximate surface area is 90.4 Å². The maximum absolute atomic E-state index is 5.93. The van der Waals surface area contributed by atoms with Crippen LogP contribution in [0.4, 0.5) is 0 Å². The molecular formula is C8H4Cl4. The van der Waals surface area contributed by atoms with Gasteiger partial charge in [-0.05, 0) is 11.1 Å². The SMILES string of the molecule is ClC1(Cl)c2ccccc2C1(Cl)Cl. The second-order valence-electron chi connectivity index (χ2n) is 2.69. The van der Waals surface area contributed by atoms with Gasteiger partial charge in [0.2, 0.25) is 0 Å². The molecule has 0 fully saturated rings. The summed E-state index contributed by atoms with van der Waals surface area (Å²) in [6.45, 7) is 0. The topological polar surface area (TPSA) is 0 Å². The molecule has 2 rings (SSSR count). The predicted molar refractivity (Wildman–Crippen MR) is 53.2 cm³/mol. The Morgan fingerprint density at radius 3 is 1.42 bits per heavy atom. The number of hydrogen-bond acceptors (Lipinski definition) is 0. The van der Waals surface area contributed by atoms with Gasteiger partial charge in [0.15, 0.2) is 8.67 Å². The summed E-state index contributed by atoms with van der Waals surface area (Å²) in [4.78, 5) is 0. The van der Waals surface area contributed by atoms with E-state index in [1.54, 1.807) is 0 Å². The highest BCUT2D eigenvalue weighted by molar-refractivity contribution is 6.64. The summed E-state index contributed by atoms with van der Waals surface area (Å²) in [5.74, 6) is 0. The summed E-state index contributed by atoms with van der Waals surface area (Å²) in [5, 5.41) is 0. The zero-order valence-electron chi connectivity index (χ0n) is 5.82. The van der Waals surface area contributed by atoms with Crippen molar-refractivity contribution in [3.8, 4) is 0 Å². The molecule has 0 nitrogen and oxygen atoms in total. The summed E-state index contributed by atoms with van der Waals surface area (Å²) in [6, 6.07) is 7.33. The van der Waals surface area contributed by atoms with Crippen LogP contribution in [0.5, 0.6) is 0 Å². The Balaban J connectivity index is 2.64. The van der Waals surface area contributed by atoms with Crippen molar-refractivity contribution in [1.82, 2.24) is 0 Å². The minimum absolute atomic E-state index is 0.790. The lowest BCUT2D eigenvalue weighted by Gasteiger charge is -2.44. The van der Waals surface area contributed by atoms with Crippen molar-refractivity contribution >= 4 is 46.4 Å². The number of rotatable bonds is 0. The van der Waals surface area contributed by atoms with Crippen molar-refractivity contribution in [1.29, 1.82) is 0 Å². The highest BCUT2D eigenvalue weighted by Crippen LogP contribution is 2.66. The molecule has 0 saturated heterocycles. The fourth-order valence-corrected chi connectivity index (χ4v) is 2.37. The van der Waals surface area contributed by atoms with Gasteiger partial charge in [0.25, 0.3) is 0 Å². The maximum Gasteiger partial charge on any atom is 0.180 e. The quantitative estimate of drug-likeness (QED) is 0.604. The lowest BCUT2D eigenvalue weighted by molar-refractivity contribution is 0.633. The molecule has 1 aliphatic carbocycles. The third-order valence-corrected chi connectivity index (χ3v) is 4.33. The van der Waals surface area contributed by atoms with E-state index in [9.17, 15) is 0 Å². The van der Waals surface area contributed by atoms with Gasteiger partial charge in [-0.1, -0.05) is 70.7 Å². The average Bonchev–Trinajstić information content (AvgIpc) is 2.04. The molecule has 0 heterocycles. The van der Waals surface area contributed by atoms with E-state index in [2.05, 4.69) is 0 Å². The van der Waals surface area contributed by atoms with E-state index in [-0.39, 0.29) is 0 Å². The van der Waals surface area contributed by atoms with Crippen molar-refractivity contribution in [2.45, 2.75) is 8.67 Å². The Morgan fingerprint density at radius 1 is 0.750 bits per heavy atom. The lowest BCUT2D eigenvalue weighted by atomic mass is 9.86. The molecule has 0 radical (unpaired) electrons. The molecule has 0 bridgehead atoms. The zero-order chi connectivity index (χ0) is 8.98. The van der Waals surface area contributed by atoms with E-state index in [1.165, 1.54) is 0 Å². The number of fused-ring (bicyclic) bond motifs is 1. The van der Waals surface area contributed by atoms with Gasteiger partial charge in [0.05, 0.1) is 0 Å². The van der Waals surface area contributed by atoms with Crippen molar-refractivity contribution < 1.29 is 0 Å². The summed E-state index contributed by atoms with van der Waals surface area (Å²) in [5.41, 5.74) is 1.58. The molecule has 12 heavy (non-hydrogen) atoms. The largest absolute Gasteiger partial charge is 0.180 e. The maximum atomic E-state index is 5.93. The third-order valence-electron chi connectivity index (χ3n) is 2.00. The van der Waals surface area contributed by atoms with E-state index in [1.807, 2.05) is 24.3 Å².